The molecule has 8 heteroatoms. The van der Waals surface area contributed by atoms with Crippen LogP contribution < -0.4 is 19.7 Å². The SMILES string of the molecule is CCOc1cc2[nH]c(O)c(C(=Nc3ccc(N(C)C(=O)CCNC)cc3)c3ccccc3)c2cc1OCC. The van der Waals surface area contributed by atoms with Crippen LogP contribution in [0.25, 0.3) is 10.9 Å². The number of carbonyl (C=O) groups excluding carboxylic acids is 1. The molecule has 1 heterocycles. The lowest BCUT2D eigenvalue weighted by Crippen LogP contribution is -2.28. The smallest absolute Gasteiger partial charge is 0.227 e. The highest BCUT2D eigenvalue weighted by molar-refractivity contribution is 6.22. The summed E-state index contributed by atoms with van der Waals surface area (Å²) in [6, 6.07) is 20.9. The minimum absolute atomic E-state index is 0.00480. The van der Waals surface area contributed by atoms with Crippen molar-refractivity contribution in [2.45, 2.75) is 20.3 Å². The molecule has 0 aliphatic rings. The monoisotopic (exact) mass is 514 g/mol. The number of hydrogen-bond acceptors (Lipinski definition) is 6. The van der Waals surface area contributed by atoms with E-state index in [2.05, 4.69) is 10.3 Å². The highest BCUT2D eigenvalue weighted by Gasteiger charge is 2.21. The molecular weight excluding hydrogens is 480 g/mol. The van der Waals surface area contributed by atoms with Gasteiger partial charge in [0.1, 0.15) is 0 Å². The highest BCUT2D eigenvalue weighted by Crippen LogP contribution is 2.38. The van der Waals surface area contributed by atoms with Gasteiger partial charge in [0, 0.05) is 42.7 Å². The molecule has 3 N–H and O–H groups in total. The number of anilines is 1. The second-order valence-corrected chi connectivity index (χ2v) is 8.71. The normalized spacial score (nSPS) is 11.5. The van der Waals surface area contributed by atoms with Crippen molar-refractivity contribution >= 4 is 33.9 Å². The van der Waals surface area contributed by atoms with Gasteiger partial charge in [-0.05, 0) is 51.2 Å². The van der Waals surface area contributed by atoms with E-state index in [1.54, 1.807) is 11.9 Å². The summed E-state index contributed by atoms with van der Waals surface area (Å²) in [5.41, 5.74) is 4.20. The van der Waals surface area contributed by atoms with Crippen LogP contribution in [-0.2, 0) is 4.79 Å². The summed E-state index contributed by atoms with van der Waals surface area (Å²) in [7, 11) is 3.59. The Morgan fingerprint density at radius 3 is 2.29 bits per heavy atom. The van der Waals surface area contributed by atoms with Gasteiger partial charge >= 0.3 is 0 Å². The van der Waals surface area contributed by atoms with Gasteiger partial charge in [-0.3, -0.25) is 4.79 Å². The fraction of sp³-hybridized carbons (Fsp3) is 0.267. The topological polar surface area (TPSA) is 99.2 Å². The number of rotatable bonds is 11. The van der Waals surface area contributed by atoms with Gasteiger partial charge in [0.2, 0.25) is 5.91 Å². The standard InChI is InChI=1S/C30H34N4O4/c1-5-37-25-18-23-24(19-26(25)38-6-2)33-30(36)28(23)29(20-10-8-7-9-11-20)32-21-12-14-22(15-13-21)34(4)27(35)16-17-31-3/h7-15,18-19,31,33,36H,5-6,16-17H2,1-4H3. The molecule has 0 saturated heterocycles. The molecule has 1 aromatic heterocycles. The van der Waals surface area contributed by atoms with Crippen molar-refractivity contribution < 1.29 is 19.4 Å². The number of nitrogens with zero attached hydrogens (tertiary/aromatic N) is 2. The Morgan fingerprint density at radius 2 is 1.66 bits per heavy atom. The molecule has 3 aromatic carbocycles. The molecule has 0 bridgehead atoms. The van der Waals surface area contributed by atoms with Crippen molar-refractivity contribution in [1.82, 2.24) is 10.3 Å². The lowest BCUT2D eigenvalue weighted by atomic mass is 10.0. The van der Waals surface area contributed by atoms with E-state index in [9.17, 15) is 9.90 Å². The van der Waals surface area contributed by atoms with E-state index < -0.39 is 0 Å². The van der Waals surface area contributed by atoms with Crippen LogP contribution in [0, 0.1) is 0 Å². The molecule has 0 aliphatic heterocycles. The first-order valence-electron chi connectivity index (χ1n) is 12.8. The van der Waals surface area contributed by atoms with Gasteiger partial charge in [-0.25, -0.2) is 4.99 Å². The van der Waals surface area contributed by atoms with E-state index in [1.807, 2.05) is 87.6 Å². The molecule has 0 spiro atoms. The second kappa shape index (κ2) is 12.3. The molecule has 0 atom stereocenters. The average Bonchev–Trinajstić information content (AvgIpc) is 3.25. The number of benzene rings is 3. The van der Waals surface area contributed by atoms with Gasteiger partial charge in [-0.1, -0.05) is 30.3 Å². The Bertz CT molecular complexity index is 1410. The van der Waals surface area contributed by atoms with Gasteiger partial charge in [0.05, 0.1) is 35.7 Å². The number of hydrogen-bond donors (Lipinski definition) is 3. The summed E-state index contributed by atoms with van der Waals surface area (Å²) in [6.45, 7) is 5.43. The molecule has 0 saturated carbocycles. The molecular formula is C30H34N4O4. The summed E-state index contributed by atoms with van der Waals surface area (Å²) >= 11 is 0. The number of H-pyrrole nitrogens is 1. The Balaban J connectivity index is 1.80. The van der Waals surface area contributed by atoms with Crippen molar-refractivity contribution in [1.29, 1.82) is 0 Å². The first-order chi connectivity index (χ1) is 18.5. The third-order valence-corrected chi connectivity index (χ3v) is 6.17. The number of aliphatic imine (C=N–C) groups is 1. The molecule has 4 aromatic rings. The van der Waals surface area contributed by atoms with Gasteiger partial charge < -0.3 is 29.8 Å². The van der Waals surface area contributed by atoms with Crippen molar-refractivity contribution in [3.05, 3.63) is 77.9 Å². The maximum Gasteiger partial charge on any atom is 0.227 e. The zero-order valence-electron chi connectivity index (χ0n) is 22.2. The van der Waals surface area contributed by atoms with Gasteiger partial charge in [-0.2, -0.15) is 0 Å². The molecule has 0 unspecified atom stereocenters. The zero-order chi connectivity index (χ0) is 27.1. The summed E-state index contributed by atoms with van der Waals surface area (Å²) in [5.74, 6) is 1.24. The van der Waals surface area contributed by atoms with Gasteiger partial charge in [-0.15, -0.1) is 0 Å². The van der Waals surface area contributed by atoms with E-state index in [4.69, 9.17) is 14.5 Å². The summed E-state index contributed by atoms with van der Waals surface area (Å²) < 4.78 is 11.6. The number of amides is 1. The lowest BCUT2D eigenvalue weighted by molar-refractivity contribution is -0.118. The van der Waals surface area contributed by atoms with E-state index >= 15 is 0 Å². The van der Waals surface area contributed by atoms with E-state index in [1.165, 1.54) is 0 Å². The first-order valence-corrected chi connectivity index (χ1v) is 12.8. The van der Waals surface area contributed by atoms with Crippen molar-refractivity contribution in [2.75, 3.05) is 38.8 Å². The Hall–Kier alpha value is -4.30. The van der Waals surface area contributed by atoms with E-state index in [0.717, 1.165) is 16.6 Å². The fourth-order valence-electron chi connectivity index (χ4n) is 4.25. The average molecular weight is 515 g/mol. The van der Waals surface area contributed by atoms with Crippen LogP contribution in [0.4, 0.5) is 11.4 Å². The van der Waals surface area contributed by atoms with Crippen LogP contribution >= 0.6 is 0 Å². The van der Waals surface area contributed by atoms with Gasteiger partial charge in [0.15, 0.2) is 17.4 Å². The predicted molar refractivity (Wildman–Crippen MR) is 152 cm³/mol. The number of aromatic hydroxyl groups is 1. The Kier molecular flexibility index (Phi) is 8.66. The Labute approximate surface area is 222 Å². The van der Waals surface area contributed by atoms with Crippen LogP contribution in [-0.4, -0.2) is 55.6 Å². The molecule has 8 nitrogen and oxygen atoms in total. The molecule has 38 heavy (non-hydrogen) atoms. The summed E-state index contributed by atoms with van der Waals surface area (Å²) in [4.78, 5) is 22.1. The van der Waals surface area contributed by atoms with Crippen LogP contribution in [0.3, 0.4) is 0 Å². The quantitative estimate of drug-likeness (QED) is 0.232. The third kappa shape index (κ3) is 5.81. The van der Waals surface area contributed by atoms with Crippen molar-refractivity contribution in [3.8, 4) is 17.4 Å². The van der Waals surface area contributed by atoms with E-state index in [-0.39, 0.29) is 11.8 Å². The highest BCUT2D eigenvalue weighted by atomic mass is 16.5. The number of nitrogens with one attached hydrogen (secondary N) is 2. The number of aromatic nitrogens is 1. The molecule has 0 radical (unpaired) electrons. The van der Waals surface area contributed by atoms with Crippen molar-refractivity contribution in [3.63, 3.8) is 0 Å². The predicted octanol–water partition coefficient (Wildman–Crippen LogP) is 5.41. The van der Waals surface area contributed by atoms with Crippen LogP contribution in [0.2, 0.25) is 0 Å². The number of carbonyl (C=O) groups is 1. The minimum Gasteiger partial charge on any atom is -0.494 e. The van der Waals surface area contributed by atoms with E-state index in [0.29, 0.717) is 60.2 Å². The van der Waals surface area contributed by atoms with Crippen molar-refractivity contribution in [2.24, 2.45) is 4.99 Å². The second-order valence-electron chi connectivity index (χ2n) is 8.71. The molecule has 0 aliphatic carbocycles. The molecule has 198 valence electrons. The fourth-order valence-corrected chi connectivity index (χ4v) is 4.25. The number of ether oxygens (including phenoxy) is 2. The molecule has 4 rings (SSSR count). The molecule has 0 fully saturated rings. The third-order valence-electron chi connectivity index (χ3n) is 6.17. The largest absolute Gasteiger partial charge is 0.494 e. The van der Waals surface area contributed by atoms with Crippen LogP contribution in [0.5, 0.6) is 17.4 Å². The van der Waals surface area contributed by atoms with Gasteiger partial charge in [0.25, 0.3) is 0 Å². The lowest BCUT2D eigenvalue weighted by Gasteiger charge is -2.17. The number of fused-ring (bicyclic) bond motifs is 1. The first kappa shape index (κ1) is 26.8. The van der Waals surface area contributed by atoms with Crippen LogP contribution in [0.15, 0.2) is 71.7 Å². The summed E-state index contributed by atoms with van der Waals surface area (Å²) in [5, 5.41) is 14.8. The Morgan fingerprint density at radius 1 is 1.00 bits per heavy atom. The van der Waals surface area contributed by atoms with Crippen LogP contribution in [0.1, 0.15) is 31.4 Å². The molecule has 1 amide bonds. The summed E-state index contributed by atoms with van der Waals surface area (Å²) in [6.07, 6.45) is 0.416. The maximum absolute atomic E-state index is 12.4. The maximum atomic E-state index is 12.4. The zero-order valence-corrected chi connectivity index (χ0v) is 22.2. The minimum atomic E-state index is 0.00480. The number of aromatic amines is 1.